The fraction of sp³-hybridized carbons (Fsp3) is 0.750. The lowest BCUT2D eigenvalue weighted by Crippen LogP contribution is -2.34. The molecular formula is C12H23N3O. The third-order valence-electron chi connectivity index (χ3n) is 2.45. The first kappa shape index (κ1) is 13.0. The molecule has 1 unspecified atom stereocenters. The van der Waals surface area contributed by atoms with Crippen molar-refractivity contribution in [3.63, 3.8) is 0 Å². The minimum atomic E-state index is 0.219. The van der Waals surface area contributed by atoms with Gasteiger partial charge in [0.1, 0.15) is 6.10 Å². The van der Waals surface area contributed by atoms with E-state index in [2.05, 4.69) is 38.1 Å². The van der Waals surface area contributed by atoms with Gasteiger partial charge < -0.3 is 10.1 Å². The van der Waals surface area contributed by atoms with Crippen molar-refractivity contribution >= 4 is 0 Å². The zero-order valence-corrected chi connectivity index (χ0v) is 10.7. The zero-order valence-electron chi connectivity index (χ0n) is 10.7. The van der Waals surface area contributed by atoms with Crippen molar-refractivity contribution in [1.82, 2.24) is 15.1 Å². The molecule has 4 heteroatoms. The van der Waals surface area contributed by atoms with Crippen LogP contribution in [0, 0.1) is 0 Å². The molecule has 1 aromatic heterocycles. The molecule has 0 amide bonds. The van der Waals surface area contributed by atoms with Crippen molar-refractivity contribution in [2.75, 3.05) is 6.54 Å². The van der Waals surface area contributed by atoms with Gasteiger partial charge in [-0.15, -0.1) is 0 Å². The van der Waals surface area contributed by atoms with Gasteiger partial charge in [-0.1, -0.05) is 20.8 Å². The standard InChI is InChI=1S/C12H23N3O/c1-5-11(7-13-10(3)4)16-12-8-14-15(6-2)9-12/h8-11,13H,5-7H2,1-4H3. The second kappa shape index (κ2) is 6.53. The molecule has 0 spiro atoms. The monoisotopic (exact) mass is 225 g/mol. The highest BCUT2D eigenvalue weighted by atomic mass is 16.5. The summed E-state index contributed by atoms with van der Waals surface area (Å²) in [6.07, 6.45) is 4.94. The van der Waals surface area contributed by atoms with Crippen molar-refractivity contribution in [1.29, 1.82) is 0 Å². The molecule has 0 saturated heterocycles. The molecule has 16 heavy (non-hydrogen) atoms. The molecule has 4 nitrogen and oxygen atoms in total. The third kappa shape index (κ3) is 4.23. The van der Waals surface area contributed by atoms with Gasteiger partial charge in [0.05, 0.1) is 12.4 Å². The highest BCUT2D eigenvalue weighted by molar-refractivity contribution is 5.12. The van der Waals surface area contributed by atoms with E-state index in [1.54, 1.807) is 6.20 Å². The van der Waals surface area contributed by atoms with Gasteiger partial charge in [0, 0.05) is 19.1 Å². The van der Waals surface area contributed by atoms with E-state index in [4.69, 9.17) is 4.74 Å². The summed E-state index contributed by atoms with van der Waals surface area (Å²) in [5.41, 5.74) is 0. The predicted octanol–water partition coefficient (Wildman–Crippen LogP) is 2.06. The molecule has 1 rings (SSSR count). The van der Waals surface area contributed by atoms with E-state index < -0.39 is 0 Å². The van der Waals surface area contributed by atoms with Crippen molar-refractivity contribution < 1.29 is 4.74 Å². The summed E-state index contributed by atoms with van der Waals surface area (Å²) in [7, 11) is 0. The highest BCUT2D eigenvalue weighted by Crippen LogP contribution is 2.11. The lowest BCUT2D eigenvalue weighted by Gasteiger charge is -2.18. The van der Waals surface area contributed by atoms with E-state index in [0.29, 0.717) is 6.04 Å². The summed E-state index contributed by atoms with van der Waals surface area (Å²) in [5.74, 6) is 0.860. The van der Waals surface area contributed by atoms with Gasteiger partial charge in [0.2, 0.25) is 0 Å². The predicted molar refractivity (Wildman–Crippen MR) is 65.7 cm³/mol. The summed E-state index contributed by atoms with van der Waals surface area (Å²) in [4.78, 5) is 0. The topological polar surface area (TPSA) is 39.1 Å². The molecule has 1 heterocycles. The maximum absolute atomic E-state index is 5.85. The van der Waals surface area contributed by atoms with Gasteiger partial charge in [0.15, 0.2) is 5.75 Å². The Morgan fingerprint density at radius 3 is 2.69 bits per heavy atom. The van der Waals surface area contributed by atoms with E-state index in [0.717, 1.165) is 25.3 Å². The first-order valence-electron chi connectivity index (χ1n) is 6.08. The zero-order chi connectivity index (χ0) is 12.0. The average Bonchev–Trinajstić information content (AvgIpc) is 2.71. The second-order valence-electron chi connectivity index (χ2n) is 4.24. The fourth-order valence-corrected chi connectivity index (χ4v) is 1.41. The van der Waals surface area contributed by atoms with E-state index in [-0.39, 0.29) is 6.10 Å². The van der Waals surface area contributed by atoms with Crippen LogP contribution in [0.15, 0.2) is 12.4 Å². The molecule has 0 aromatic carbocycles. The second-order valence-corrected chi connectivity index (χ2v) is 4.24. The van der Waals surface area contributed by atoms with E-state index in [1.807, 2.05) is 10.9 Å². The number of nitrogens with zero attached hydrogens (tertiary/aromatic N) is 2. The molecule has 0 bridgehead atoms. The minimum Gasteiger partial charge on any atom is -0.486 e. The molecular weight excluding hydrogens is 202 g/mol. The van der Waals surface area contributed by atoms with Crippen LogP contribution in [-0.4, -0.2) is 28.5 Å². The van der Waals surface area contributed by atoms with E-state index in [9.17, 15) is 0 Å². The molecule has 0 fully saturated rings. The Hall–Kier alpha value is -1.03. The largest absolute Gasteiger partial charge is 0.486 e. The quantitative estimate of drug-likeness (QED) is 0.772. The van der Waals surface area contributed by atoms with Crippen LogP contribution in [-0.2, 0) is 6.54 Å². The van der Waals surface area contributed by atoms with Gasteiger partial charge >= 0.3 is 0 Å². The van der Waals surface area contributed by atoms with E-state index >= 15 is 0 Å². The Bertz CT molecular complexity index is 296. The summed E-state index contributed by atoms with van der Waals surface area (Å²) in [5, 5.41) is 7.57. The number of hydrogen-bond donors (Lipinski definition) is 1. The Labute approximate surface area is 98.0 Å². The maximum atomic E-state index is 5.85. The van der Waals surface area contributed by atoms with Crippen LogP contribution in [0.4, 0.5) is 0 Å². The molecule has 1 aromatic rings. The fourth-order valence-electron chi connectivity index (χ4n) is 1.41. The van der Waals surface area contributed by atoms with Crippen molar-refractivity contribution in [2.45, 2.75) is 52.8 Å². The average molecular weight is 225 g/mol. The Kier molecular flexibility index (Phi) is 5.32. The third-order valence-corrected chi connectivity index (χ3v) is 2.45. The van der Waals surface area contributed by atoms with Crippen molar-refractivity contribution in [2.24, 2.45) is 0 Å². The number of nitrogens with one attached hydrogen (secondary N) is 1. The van der Waals surface area contributed by atoms with Crippen molar-refractivity contribution in [3.05, 3.63) is 12.4 Å². The summed E-state index contributed by atoms with van der Waals surface area (Å²) < 4.78 is 7.72. The molecule has 0 aliphatic carbocycles. The van der Waals surface area contributed by atoms with Crippen LogP contribution in [0.5, 0.6) is 5.75 Å². The molecule has 1 atom stereocenters. The van der Waals surface area contributed by atoms with Gasteiger partial charge in [-0.05, 0) is 13.3 Å². The van der Waals surface area contributed by atoms with Crippen LogP contribution in [0.1, 0.15) is 34.1 Å². The van der Waals surface area contributed by atoms with Crippen molar-refractivity contribution in [3.8, 4) is 5.75 Å². The Morgan fingerprint density at radius 1 is 1.44 bits per heavy atom. The number of ether oxygens (including phenoxy) is 1. The van der Waals surface area contributed by atoms with Crippen LogP contribution in [0.3, 0.4) is 0 Å². The number of hydrogen-bond acceptors (Lipinski definition) is 3. The number of aryl methyl sites for hydroxylation is 1. The first-order valence-corrected chi connectivity index (χ1v) is 6.08. The van der Waals surface area contributed by atoms with Gasteiger partial charge in [0.25, 0.3) is 0 Å². The summed E-state index contributed by atoms with van der Waals surface area (Å²) in [6.45, 7) is 10.2. The highest BCUT2D eigenvalue weighted by Gasteiger charge is 2.09. The van der Waals surface area contributed by atoms with Gasteiger partial charge in [-0.2, -0.15) is 5.10 Å². The number of rotatable bonds is 7. The smallest absolute Gasteiger partial charge is 0.157 e. The van der Waals surface area contributed by atoms with Crippen LogP contribution in [0.2, 0.25) is 0 Å². The summed E-state index contributed by atoms with van der Waals surface area (Å²) >= 11 is 0. The lowest BCUT2D eigenvalue weighted by molar-refractivity contribution is 0.190. The van der Waals surface area contributed by atoms with Crippen LogP contribution < -0.4 is 10.1 Å². The van der Waals surface area contributed by atoms with Crippen LogP contribution >= 0.6 is 0 Å². The SMILES string of the molecule is CCC(CNC(C)C)Oc1cnn(CC)c1. The molecule has 0 radical (unpaired) electrons. The first-order chi connectivity index (χ1) is 7.65. The van der Waals surface area contributed by atoms with Gasteiger partial charge in [-0.25, -0.2) is 0 Å². The Morgan fingerprint density at radius 2 is 2.19 bits per heavy atom. The molecule has 0 aliphatic rings. The Balaban J connectivity index is 2.42. The van der Waals surface area contributed by atoms with E-state index in [1.165, 1.54) is 0 Å². The lowest BCUT2D eigenvalue weighted by atomic mass is 10.2. The molecule has 92 valence electrons. The maximum Gasteiger partial charge on any atom is 0.157 e. The normalized spacial score (nSPS) is 13.1. The molecule has 1 N–H and O–H groups in total. The molecule has 0 saturated carbocycles. The summed E-state index contributed by atoms with van der Waals surface area (Å²) in [6, 6.07) is 0.496. The number of aromatic nitrogens is 2. The van der Waals surface area contributed by atoms with Crippen LogP contribution in [0.25, 0.3) is 0 Å². The van der Waals surface area contributed by atoms with Gasteiger partial charge in [-0.3, -0.25) is 4.68 Å². The molecule has 0 aliphatic heterocycles. The minimum absolute atomic E-state index is 0.219.